The van der Waals surface area contributed by atoms with Crippen molar-refractivity contribution in [2.75, 3.05) is 24.5 Å². The molecule has 1 aliphatic rings. The first-order valence-electron chi connectivity index (χ1n) is 6.51. The number of amides is 3. The molecule has 0 radical (unpaired) electrons. The molecule has 1 aromatic rings. The fourth-order valence-corrected chi connectivity index (χ4v) is 1.91. The quantitative estimate of drug-likeness (QED) is 0.865. The fourth-order valence-electron chi connectivity index (χ4n) is 1.91. The molecule has 1 aromatic carbocycles. The van der Waals surface area contributed by atoms with E-state index >= 15 is 0 Å². The molecule has 0 spiro atoms. The number of carbonyl (C=O) groups excluding carboxylic acids is 2. The molecule has 5 nitrogen and oxygen atoms in total. The van der Waals surface area contributed by atoms with Crippen LogP contribution in [-0.4, -0.2) is 31.6 Å². The van der Waals surface area contributed by atoms with Crippen molar-refractivity contribution >= 4 is 17.6 Å². The molecule has 19 heavy (non-hydrogen) atoms. The summed E-state index contributed by atoms with van der Waals surface area (Å²) < 4.78 is 0. The maximum atomic E-state index is 11.8. The molecule has 1 fully saturated rings. The fraction of sp³-hybridized carbons (Fsp3) is 0.429. The summed E-state index contributed by atoms with van der Waals surface area (Å²) in [6, 6.07) is 7.01. The number of benzene rings is 1. The zero-order valence-electron chi connectivity index (χ0n) is 11.3. The second-order valence-corrected chi connectivity index (χ2v) is 5.03. The number of carbonyl (C=O) groups is 2. The van der Waals surface area contributed by atoms with Gasteiger partial charge in [-0.25, -0.2) is 4.79 Å². The van der Waals surface area contributed by atoms with Crippen LogP contribution in [-0.2, 0) is 0 Å². The predicted molar refractivity (Wildman–Crippen MR) is 74.4 cm³/mol. The van der Waals surface area contributed by atoms with Gasteiger partial charge in [0.1, 0.15) is 0 Å². The molecular formula is C14H19N3O2. The van der Waals surface area contributed by atoms with Gasteiger partial charge in [-0.15, -0.1) is 0 Å². The van der Waals surface area contributed by atoms with Crippen LogP contribution in [0.2, 0.25) is 0 Å². The Bertz CT molecular complexity index is 468. The van der Waals surface area contributed by atoms with Crippen LogP contribution in [0.3, 0.4) is 0 Å². The van der Waals surface area contributed by atoms with E-state index in [0.717, 1.165) is 5.69 Å². The van der Waals surface area contributed by atoms with Crippen molar-refractivity contribution in [3.8, 4) is 0 Å². The Hall–Kier alpha value is -2.04. The molecule has 0 aromatic heterocycles. The summed E-state index contributed by atoms with van der Waals surface area (Å²) in [5.74, 6) is 0.350. The minimum Gasteiger partial charge on any atom is -0.352 e. The average molecular weight is 261 g/mol. The highest BCUT2D eigenvalue weighted by atomic mass is 16.2. The largest absolute Gasteiger partial charge is 0.352 e. The van der Waals surface area contributed by atoms with Gasteiger partial charge in [0.05, 0.1) is 0 Å². The van der Waals surface area contributed by atoms with Crippen LogP contribution >= 0.6 is 0 Å². The third-order valence-electron chi connectivity index (χ3n) is 2.97. The summed E-state index contributed by atoms with van der Waals surface area (Å²) in [6.07, 6.45) is 0. The lowest BCUT2D eigenvalue weighted by molar-refractivity contribution is 0.0949. The van der Waals surface area contributed by atoms with Crippen LogP contribution in [0.4, 0.5) is 10.5 Å². The van der Waals surface area contributed by atoms with Crippen molar-refractivity contribution in [3.05, 3.63) is 29.8 Å². The summed E-state index contributed by atoms with van der Waals surface area (Å²) >= 11 is 0. The molecule has 5 heteroatoms. The molecule has 1 heterocycles. The van der Waals surface area contributed by atoms with Gasteiger partial charge in [-0.1, -0.05) is 13.8 Å². The molecule has 2 rings (SSSR count). The van der Waals surface area contributed by atoms with Gasteiger partial charge in [-0.2, -0.15) is 0 Å². The summed E-state index contributed by atoms with van der Waals surface area (Å²) in [5.41, 5.74) is 1.43. The van der Waals surface area contributed by atoms with Crippen LogP contribution in [0.1, 0.15) is 24.2 Å². The van der Waals surface area contributed by atoms with E-state index in [1.165, 1.54) is 0 Å². The van der Waals surface area contributed by atoms with E-state index in [4.69, 9.17) is 0 Å². The highest BCUT2D eigenvalue weighted by Gasteiger charge is 2.21. The van der Waals surface area contributed by atoms with Gasteiger partial charge in [-0.05, 0) is 30.2 Å². The molecule has 0 unspecified atom stereocenters. The highest BCUT2D eigenvalue weighted by Crippen LogP contribution is 2.17. The van der Waals surface area contributed by atoms with Crippen LogP contribution in [0, 0.1) is 5.92 Å². The van der Waals surface area contributed by atoms with Crippen molar-refractivity contribution in [3.63, 3.8) is 0 Å². The molecular weight excluding hydrogens is 242 g/mol. The van der Waals surface area contributed by atoms with Gasteiger partial charge in [0, 0.05) is 30.9 Å². The van der Waals surface area contributed by atoms with Gasteiger partial charge in [0.2, 0.25) is 0 Å². The summed E-state index contributed by atoms with van der Waals surface area (Å²) in [4.78, 5) is 25.0. The van der Waals surface area contributed by atoms with E-state index in [1.54, 1.807) is 29.2 Å². The molecule has 3 amide bonds. The molecule has 1 aliphatic heterocycles. The van der Waals surface area contributed by atoms with Gasteiger partial charge >= 0.3 is 6.03 Å². The topological polar surface area (TPSA) is 61.4 Å². The number of nitrogens with zero attached hydrogens (tertiary/aromatic N) is 1. The van der Waals surface area contributed by atoms with Gasteiger partial charge < -0.3 is 10.6 Å². The zero-order valence-corrected chi connectivity index (χ0v) is 11.3. The van der Waals surface area contributed by atoms with Crippen molar-refractivity contribution in [2.45, 2.75) is 13.8 Å². The van der Waals surface area contributed by atoms with Crippen LogP contribution in [0.15, 0.2) is 24.3 Å². The average Bonchev–Trinajstić information content (AvgIpc) is 2.82. The first-order chi connectivity index (χ1) is 9.08. The maximum Gasteiger partial charge on any atom is 0.321 e. The van der Waals surface area contributed by atoms with E-state index in [0.29, 0.717) is 31.1 Å². The Balaban J connectivity index is 2.02. The van der Waals surface area contributed by atoms with Gasteiger partial charge in [0.25, 0.3) is 5.91 Å². The van der Waals surface area contributed by atoms with Gasteiger partial charge in [-0.3, -0.25) is 9.69 Å². The summed E-state index contributed by atoms with van der Waals surface area (Å²) in [5, 5.41) is 5.61. The van der Waals surface area contributed by atoms with Crippen LogP contribution in [0.25, 0.3) is 0 Å². The Morgan fingerprint density at radius 1 is 1.37 bits per heavy atom. The second-order valence-electron chi connectivity index (χ2n) is 5.03. The van der Waals surface area contributed by atoms with Crippen molar-refractivity contribution in [1.82, 2.24) is 10.6 Å². The van der Waals surface area contributed by atoms with Crippen molar-refractivity contribution < 1.29 is 9.59 Å². The van der Waals surface area contributed by atoms with E-state index in [-0.39, 0.29) is 11.9 Å². The number of rotatable bonds is 4. The Morgan fingerprint density at radius 2 is 2.05 bits per heavy atom. The third-order valence-corrected chi connectivity index (χ3v) is 2.97. The maximum absolute atomic E-state index is 11.8. The van der Waals surface area contributed by atoms with E-state index in [2.05, 4.69) is 24.5 Å². The normalized spacial score (nSPS) is 14.7. The monoisotopic (exact) mass is 261 g/mol. The second kappa shape index (κ2) is 5.73. The Morgan fingerprint density at radius 3 is 2.58 bits per heavy atom. The number of urea groups is 1. The SMILES string of the molecule is CC(C)CNC(=O)c1ccc(N2CCNC2=O)cc1. The summed E-state index contributed by atoms with van der Waals surface area (Å²) in [6.45, 7) is 6.09. The third kappa shape index (κ3) is 3.24. The first kappa shape index (κ1) is 13.4. The number of nitrogens with one attached hydrogen (secondary N) is 2. The smallest absolute Gasteiger partial charge is 0.321 e. The minimum atomic E-state index is -0.0861. The first-order valence-corrected chi connectivity index (χ1v) is 6.51. The molecule has 1 saturated heterocycles. The molecule has 2 N–H and O–H groups in total. The lowest BCUT2D eigenvalue weighted by atomic mass is 10.1. The minimum absolute atomic E-state index is 0.0777. The zero-order chi connectivity index (χ0) is 13.8. The van der Waals surface area contributed by atoms with Crippen LogP contribution in [0.5, 0.6) is 0 Å². The molecule has 102 valence electrons. The highest BCUT2D eigenvalue weighted by molar-refractivity contribution is 5.96. The lowest BCUT2D eigenvalue weighted by Gasteiger charge is -2.14. The molecule has 0 saturated carbocycles. The van der Waals surface area contributed by atoms with Crippen molar-refractivity contribution in [1.29, 1.82) is 0 Å². The van der Waals surface area contributed by atoms with Gasteiger partial charge in [0.15, 0.2) is 0 Å². The number of hydrogen-bond donors (Lipinski definition) is 2. The standard InChI is InChI=1S/C14H19N3O2/c1-10(2)9-16-13(18)11-3-5-12(6-4-11)17-8-7-15-14(17)19/h3-6,10H,7-9H2,1-2H3,(H,15,19)(H,16,18). The Kier molecular flexibility index (Phi) is 4.04. The van der Waals surface area contributed by atoms with Crippen molar-refractivity contribution in [2.24, 2.45) is 5.92 Å². The van der Waals surface area contributed by atoms with Crippen LogP contribution < -0.4 is 15.5 Å². The predicted octanol–water partition coefficient (Wildman–Crippen LogP) is 1.60. The van der Waals surface area contributed by atoms with E-state index in [1.807, 2.05) is 0 Å². The molecule has 0 atom stereocenters. The Labute approximate surface area is 113 Å². The lowest BCUT2D eigenvalue weighted by Crippen LogP contribution is -2.28. The number of hydrogen-bond acceptors (Lipinski definition) is 2. The number of anilines is 1. The van der Waals surface area contributed by atoms with E-state index in [9.17, 15) is 9.59 Å². The molecule has 0 bridgehead atoms. The van der Waals surface area contributed by atoms with E-state index < -0.39 is 0 Å². The molecule has 0 aliphatic carbocycles. The summed E-state index contributed by atoms with van der Waals surface area (Å²) in [7, 11) is 0.